The van der Waals surface area contributed by atoms with Crippen LogP contribution >= 0.6 is 11.8 Å². The molecule has 5 heteroatoms. The van der Waals surface area contributed by atoms with E-state index in [-0.39, 0.29) is 11.7 Å². The normalized spacial score (nSPS) is 17.9. The van der Waals surface area contributed by atoms with E-state index in [0.717, 1.165) is 21.4 Å². The van der Waals surface area contributed by atoms with E-state index in [0.29, 0.717) is 5.75 Å². The highest BCUT2D eigenvalue weighted by molar-refractivity contribution is 8.14. The van der Waals surface area contributed by atoms with Gasteiger partial charge in [0.25, 0.3) is 0 Å². The number of phenols is 1. The Kier molecular flexibility index (Phi) is 4.15. The molecular weight excluding hydrogens is 298 g/mol. The van der Waals surface area contributed by atoms with Crippen LogP contribution in [0.5, 0.6) is 5.75 Å². The molecule has 22 heavy (non-hydrogen) atoms. The van der Waals surface area contributed by atoms with Crippen molar-refractivity contribution in [2.24, 2.45) is 4.99 Å². The van der Waals surface area contributed by atoms with Gasteiger partial charge in [-0.1, -0.05) is 24.3 Å². The molecule has 0 fully saturated rings. The molecule has 0 aromatic heterocycles. The number of esters is 1. The second-order valence-electron chi connectivity index (χ2n) is 4.94. The maximum Gasteiger partial charge on any atom is 0.331 e. The van der Waals surface area contributed by atoms with Crippen molar-refractivity contribution >= 4 is 39.6 Å². The van der Waals surface area contributed by atoms with E-state index in [1.807, 2.05) is 36.4 Å². The summed E-state index contributed by atoms with van der Waals surface area (Å²) in [5.41, 5.74) is 1.04. The van der Waals surface area contributed by atoms with Crippen LogP contribution in [0, 0.1) is 0 Å². The van der Waals surface area contributed by atoms with Crippen molar-refractivity contribution < 1.29 is 14.6 Å². The standard InChI is InChI=1S/C17H15NO3S/c1-21-17(20)15-10-22-16(18-15)7-3-11-2-4-13-9-14(19)6-5-12(13)8-11/h2-9,15,19H,10H2,1H3/b7-3+/t15-/m1/s1. The van der Waals surface area contributed by atoms with E-state index < -0.39 is 6.04 Å². The Hall–Kier alpha value is -2.27. The number of fused-ring (bicyclic) bond motifs is 1. The van der Waals surface area contributed by atoms with E-state index in [4.69, 9.17) is 4.74 Å². The summed E-state index contributed by atoms with van der Waals surface area (Å²) in [5, 5.41) is 12.4. The number of nitrogens with zero attached hydrogens (tertiary/aromatic N) is 1. The molecule has 1 N–H and O–H groups in total. The van der Waals surface area contributed by atoms with Gasteiger partial charge in [-0.25, -0.2) is 4.79 Å². The fourth-order valence-electron chi connectivity index (χ4n) is 2.26. The van der Waals surface area contributed by atoms with E-state index in [2.05, 4.69) is 4.99 Å². The highest BCUT2D eigenvalue weighted by atomic mass is 32.2. The number of aliphatic imine (C=N–C) groups is 1. The number of methoxy groups -OCH3 is 1. The lowest BCUT2D eigenvalue weighted by atomic mass is 10.1. The van der Waals surface area contributed by atoms with Gasteiger partial charge >= 0.3 is 5.97 Å². The largest absolute Gasteiger partial charge is 0.508 e. The summed E-state index contributed by atoms with van der Waals surface area (Å²) in [6.45, 7) is 0. The van der Waals surface area contributed by atoms with Gasteiger partial charge in [0, 0.05) is 5.75 Å². The maximum atomic E-state index is 11.4. The molecule has 0 saturated heterocycles. The number of hydrogen-bond donors (Lipinski definition) is 1. The van der Waals surface area contributed by atoms with Crippen molar-refractivity contribution in [3.05, 3.63) is 48.0 Å². The predicted octanol–water partition coefficient (Wildman–Crippen LogP) is 3.25. The molecule has 2 aromatic carbocycles. The molecule has 0 aliphatic carbocycles. The minimum atomic E-state index is -0.394. The molecule has 0 amide bonds. The molecule has 1 aliphatic heterocycles. The van der Waals surface area contributed by atoms with Crippen LogP contribution in [0.4, 0.5) is 0 Å². The minimum Gasteiger partial charge on any atom is -0.508 e. The van der Waals surface area contributed by atoms with E-state index >= 15 is 0 Å². The summed E-state index contributed by atoms with van der Waals surface area (Å²) >= 11 is 1.55. The van der Waals surface area contributed by atoms with E-state index in [1.54, 1.807) is 23.9 Å². The molecule has 4 nitrogen and oxygen atoms in total. The van der Waals surface area contributed by atoms with Crippen LogP contribution in [0.25, 0.3) is 16.8 Å². The second kappa shape index (κ2) is 6.23. The Morgan fingerprint density at radius 3 is 2.86 bits per heavy atom. The predicted molar refractivity (Wildman–Crippen MR) is 90.3 cm³/mol. The van der Waals surface area contributed by atoms with Gasteiger partial charge in [0.2, 0.25) is 0 Å². The van der Waals surface area contributed by atoms with Gasteiger partial charge in [-0.2, -0.15) is 0 Å². The molecular formula is C17H15NO3S. The monoisotopic (exact) mass is 313 g/mol. The van der Waals surface area contributed by atoms with Gasteiger partial charge in [0.05, 0.1) is 12.2 Å². The van der Waals surface area contributed by atoms with E-state index in [1.165, 1.54) is 7.11 Å². The fraction of sp³-hybridized carbons (Fsp3) is 0.176. The second-order valence-corrected chi connectivity index (χ2v) is 5.98. The smallest absolute Gasteiger partial charge is 0.331 e. The Morgan fingerprint density at radius 2 is 2.05 bits per heavy atom. The van der Waals surface area contributed by atoms with Gasteiger partial charge in [-0.15, -0.1) is 11.8 Å². The number of hydrogen-bond acceptors (Lipinski definition) is 5. The summed E-state index contributed by atoms with van der Waals surface area (Å²) in [4.78, 5) is 15.8. The average Bonchev–Trinajstić information content (AvgIpc) is 3.01. The van der Waals surface area contributed by atoms with Crippen LogP contribution in [0.1, 0.15) is 5.56 Å². The van der Waals surface area contributed by atoms with Crippen LogP contribution in [-0.4, -0.2) is 35.0 Å². The number of ether oxygens (including phenoxy) is 1. The van der Waals surface area contributed by atoms with Crippen LogP contribution in [0.15, 0.2) is 47.5 Å². The molecule has 112 valence electrons. The number of benzene rings is 2. The van der Waals surface area contributed by atoms with Gasteiger partial charge in [0.1, 0.15) is 5.75 Å². The number of carbonyl (C=O) groups is 1. The van der Waals surface area contributed by atoms with Crippen molar-refractivity contribution in [2.75, 3.05) is 12.9 Å². The van der Waals surface area contributed by atoms with Gasteiger partial charge in [0.15, 0.2) is 6.04 Å². The van der Waals surface area contributed by atoms with Crippen molar-refractivity contribution in [3.8, 4) is 5.75 Å². The van der Waals surface area contributed by atoms with Crippen LogP contribution < -0.4 is 0 Å². The van der Waals surface area contributed by atoms with Crippen LogP contribution in [-0.2, 0) is 9.53 Å². The van der Waals surface area contributed by atoms with Gasteiger partial charge in [-0.3, -0.25) is 4.99 Å². The molecule has 1 atom stereocenters. The lowest BCUT2D eigenvalue weighted by molar-refractivity contribution is -0.141. The topological polar surface area (TPSA) is 58.9 Å². The van der Waals surface area contributed by atoms with Crippen molar-refractivity contribution in [3.63, 3.8) is 0 Å². The van der Waals surface area contributed by atoms with Crippen LogP contribution in [0.3, 0.4) is 0 Å². The highest BCUT2D eigenvalue weighted by Gasteiger charge is 2.24. The lowest BCUT2D eigenvalue weighted by Gasteiger charge is -2.01. The first kappa shape index (κ1) is 14.7. The molecule has 1 heterocycles. The lowest BCUT2D eigenvalue weighted by Crippen LogP contribution is -2.19. The van der Waals surface area contributed by atoms with Crippen molar-refractivity contribution in [1.29, 1.82) is 0 Å². The Balaban J connectivity index is 1.78. The maximum absolute atomic E-state index is 11.4. The molecule has 0 bridgehead atoms. The zero-order valence-electron chi connectivity index (χ0n) is 12.0. The summed E-state index contributed by atoms with van der Waals surface area (Å²) in [6.07, 6.45) is 3.88. The summed E-state index contributed by atoms with van der Waals surface area (Å²) in [6, 6.07) is 10.9. The number of rotatable bonds is 3. The first-order valence-electron chi connectivity index (χ1n) is 6.85. The SMILES string of the molecule is COC(=O)[C@H]1CSC(/C=C/c2ccc3cc(O)ccc3c2)=N1. The Morgan fingerprint density at radius 1 is 1.27 bits per heavy atom. The molecule has 2 aromatic rings. The average molecular weight is 313 g/mol. The summed E-state index contributed by atoms with van der Waals surface area (Å²) in [7, 11) is 1.38. The van der Waals surface area contributed by atoms with Crippen LogP contribution in [0.2, 0.25) is 0 Å². The molecule has 0 spiro atoms. The molecule has 3 rings (SSSR count). The number of aromatic hydroxyl groups is 1. The summed E-state index contributed by atoms with van der Waals surface area (Å²) < 4.78 is 4.70. The third-order valence-corrected chi connectivity index (χ3v) is 4.43. The van der Waals surface area contributed by atoms with Gasteiger partial charge in [-0.05, 0) is 40.6 Å². The molecule has 1 aliphatic rings. The third-order valence-electron chi connectivity index (χ3n) is 3.41. The first-order chi connectivity index (χ1) is 10.7. The van der Waals surface area contributed by atoms with Gasteiger partial charge < -0.3 is 9.84 Å². The third kappa shape index (κ3) is 3.14. The molecule has 0 radical (unpaired) electrons. The highest BCUT2D eigenvalue weighted by Crippen LogP contribution is 2.23. The zero-order valence-corrected chi connectivity index (χ0v) is 12.8. The zero-order chi connectivity index (χ0) is 15.5. The number of phenolic OH excluding ortho intramolecular Hbond substituents is 1. The van der Waals surface area contributed by atoms with E-state index in [9.17, 15) is 9.90 Å². The fourth-order valence-corrected chi connectivity index (χ4v) is 3.17. The Bertz CT molecular complexity index is 783. The van der Waals surface area contributed by atoms with Crippen molar-refractivity contribution in [2.45, 2.75) is 6.04 Å². The summed E-state index contributed by atoms with van der Waals surface area (Å²) in [5.74, 6) is 0.603. The molecule has 0 saturated carbocycles. The van der Waals surface area contributed by atoms with Crippen molar-refractivity contribution in [1.82, 2.24) is 0 Å². The minimum absolute atomic E-state index is 0.265. The quantitative estimate of drug-likeness (QED) is 0.884. The Labute approximate surface area is 132 Å². The number of carbonyl (C=O) groups excluding carboxylic acids is 1. The number of thioether (sulfide) groups is 1. The molecule has 0 unspecified atom stereocenters. The first-order valence-corrected chi connectivity index (χ1v) is 7.83.